The standard InChI is InChI=1S/C22H27N3O4S/c1-2-23-20(26)14-29-17-11-9-15(10-12-17)21(27)24-25-22(28)19-13-16-7-5-3-4-6-8-18(16)30-19/h9-13H,2-8,14H2,1H3,(H,23,26)(H,24,27)(H,25,28). The Bertz CT molecular complexity index is 867. The molecule has 0 aliphatic heterocycles. The van der Waals surface area contributed by atoms with Gasteiger partial charge in [-0.3, -0.25) is 25.2 Å². The summed E-state index contributed by atoms with van der Waals surface area (Å²) in [5.74, 6) is -0.447. The van der Waals surface area contributed by atoms with E-state index in [0.717, 1.165) is 25.7 Å². The van der Waals surface area contributed by atoms with Crippen LogP contribution < -0.4 is 20.9 Å². The number of fused-ring (bicyclic) bond motifs is 1. The highest BCUT2D eigenvalue weighted by Gasteiger charge is 2.16. The molecule has 0 saturated carbocycles. The van der Waals surface area contributed by atoms with E-state index >= 15 is 0 Å². The summed E-state index contributed by atoms with van der Waals surface area (Å²) in [5, 5.41) is 2.64. The highest BCUT2D eigenvalue weighted by atomic mass is 32.1. The Morgan fingerprint density at radius 1 is 0.967 bits per heavy atom. The number of rotatable bonds is 6. The molecule has 0 radical (unpaired) electrons. The third-order valence-electron chi connectivity index (χ3n) is 4.87. The van der Waals surface area contributed by atoms with Gasteiger partial charge >= 0.3 is 0 Å². The van der Waals surface area contributed by atoms with Gasteiger partial charge in [0.05, 0.1) is 4.88 Å². The SMILES string of the molecule is CCNC(=O)COc1ccc(C(=O)NNC(=O)c2cc3c(s2)CCCCCC3)cc1. The highest BCUT2D eigenvalue weighted by Crippen LogP contribution is 2.28. The van der Waals surface area contributed by atoms with Gasteiger partial charge in [0.1, 0.15) is 5.75 Å². The number of hydrogen-bond acceptors (Lipinski definition) is 5. The Kier molecular flexibility index (Phi) is 7.84. The fourth-order valence-electron chi connectivity index (χ4n) is 3.30. The van der Waals surface area contributed by atoms with E-state index in [-0.39, 0.29) is 18.4 Å². The summed E-state index contributed by atoms with van der Waals surface area (Å²) in [4.78, 5) is 38.1. The molecule has 30 heavy (non-hydrogen) atoms. The molecule has 0 spiro atoms. The molecule has 3 rings (SSSR count). The lowest BCUT2D eigenvalue weighted by Crippen LogP contribution is -2.41. The van der Waals surface area contributed by atoms with Crippen LogP contribution in [0.2, 0.25) is 0 Å². The third-order valence-corrected chi connectivity index (χ3v) is 6.11. The summed E-state index contributed by atoms with van der Waals surface area (Å²) in [7, 11) is 0. The summed E-state index contributed by atoms with van der Waals surface area (Å²) in [6.45, 7) is 2.29. The predicted octanol–water partition coefficient (Wildman–Crippen LogP) is 3.00. The van der Waals surface area contributed by atoms with Crippen molar-refractivity contribution in [3.8, 4) is 5.75 Å². The van der Waals surface area contributed by atoms with Crippen LogP contribution in [-0.4, -0.2) is 30.9 Å². The largest absolute Gasteiger partial charge is 0.484 e. The number of likely N-dealkylation sites (N-methyl/N-ethyl adjacent to an activating group) is 1. The molecule has 1 heterocycles. The summed E-state index contributed by atoms with van der Waals surface area (Å²) >= 11 is 1.51. The second-order valence-electron chi connectivity index (χ2n) is 7.15. The van der Waals surface area contributed by atoms with Crippen molar-refractivity contribution in [3.05, 3.63) is 51.2 Å². The van der Waals surface area contributed by atoms with Crippen LogP contribution in [0.5, 0.6) is 5.75 Å². The molecule has 1 aromatic carbocycles. The lowest BCUT2D eigenvalue weighted by atomic mass is 10.00. The number of nitrogens with one attached hydrogen (secondary N) is 3. The molecule has 1 aliphatic carbocycles. The van der Waals surface area contributed by atoms with Crippen molar-refractivity contribution in [2.24, 2.45) is 0 Å². The molecule has 160 valence electrons. The van der Waals surface area contributed by atoms with Gasteiger partial charge in [-0.05, 0) is 68.5 Å². The molecule has 0 fully saturated rings. The fourth-order valence-corrected chi connectivity index (χ4v) is 4.45. The normalized spacial score (nSPS) is 13.4. The Balaban J connectivity index is 1.50. The van der Waals surface area contributed by atoms with E-state index in [1.807, 2.05) is 13.0 Å². The number of carbonyl (C=O) groups excluding carboxylic acids is 3. The zero-order valence-corrected chi connectivity index (χ0v) is 17.9. The van der Waals surface area contributed by atoms with Gasteiger partial charge in [0.25, 0.3) is 17.7 Å². The van der Waals surface area contributed by atoms with Crippen LogP contribution in [0.15, 0.2) is 30.3 Å². The fraction of sp³-hybridized carbons (Fsp3) is 0.409. The minimum absolute atomic E-state index is 0.0831. The van der Waals surface area contributed by atoms with Gasteiger partial charge in [0, 0.05) is 17.0 Å². The van der Waals surface area contributed by atoms with Gasteiger partial charge in [-0.1, -0.05) is 12.8 Å². The summed E-state index contributed by atoms with van der Waals surface area (Å²) in [6, 6.07) is 8.31. The lowest BCUT2D eigenvalue weighted by molar-refractivity contribution is -0.122. The second-order valence-corrected chi connectivity index (χ2v) is 8.28. The molecule has 3 N–H and O–H groups in total. The van der Waals surface area contributed by atoms with Gasteiger partial charge < -0.3 is 10.1 Å². The number of amides is 3. The first-order valence-electron chi connectivity index (χ1n) is 10.3. The van der Waals surface area contributed by atoms with Crippen LogP contribution in [0.25, 0.3) is 0 Å². The Labute approximate surface area is 180 Å². The van der Waals surface area contributed by atoms with E-state index in [9.17, 15) is 14.4 Å². The van der Waals surface area contributed by atoms with Crippen LogP contribution in [-0.2, 0) is 17.6 Å². The molecule has 8 heteroatoms. The number of carbonyl (C=O) groups is 3. The summed E-state index contributed by atoms with van der Waals surface area (Å²) in [5.41, 5.74) is 6.58. The van der Waals surface area contributed by atoms with Crippen molar-refractivity contribution in [2.75, 3.05) is 13.2 Å². The summed E-state index contributed by atoms with van der Waals surface area (Å²) < 4.78 is 5.36. The molecule has 3 amide bonds. The molecular weight excluding hydrogens is 402 g/mol. The van der Waals surface area contributed by atoms with Crippen molar-refractivity contribution in [2.45, 2.75) is 45.4 Å². The van der Waals surface area contributed by atoms with Crippen molar-refractivity contribution < 1.29 is 19.1 Å². The lowest BCUT2D eigenvalue weighted by Gasteiger charge is -2.08. The minimum Gasteiger partial charge on any atom is -0.484 e. The molecule has 1 aliphatic rings. The van der Waals surface area contributed by atoms with E-state index in [1.54, 1.807) is 24.3 Å². The third kappa shape index (κ3) is 6.06. The molecule has 1 aromatic heterocycles. The number of ether oxygens (including phenoxy) is 1. The Morgan fingerprint density at radius 2 is 1.67 bits per heavy atom. The smallest absolute Gasteiger partial charge is 0.279 e. The average Bonchev–Trinajstić information content (AvgIpc) is 3.13. The maximum absolute atomic E-state index is 12.5. The zero-order chi connectivity index (χ0) is 21.3. The quantitative estimate of drug-likeness (QED) is 0.615. The Morgan fingerprint density at radius 3 is 2.40 bits per heavy atom. The predicted molar refractivity (Wildman–Crippen MR) is 116 cm³/mol. The highest BCUT2D eigenvalue weighted by molar-refractivity contribution is 7.14. The first kappa shape index (κ1) is 21.8. The first-order valence-corrected chi connectivity index (χ1v) is 11.1. The molecule has 7 nitrogen and oxygen atoms in total. The molecule has 0 bridgehead atoms. The van der Waals surface area contributed by atoms with E-state index in [4.69, 9.17) is 4.74 Å². The first-order chi connectivity index (χ1) is 14.6. The van der Waals surface area contributed by atoms with Crippen LogP contribution in [0.1, 0.15) is 63.1 Å². The molecule has 0 saturated heterocycles. The van der Waals surface area contributed by atoms with Crippen LogP contribution in [0.4, 0.5) is 0 Å². The average molecular weight is 430 g/mol. The van der Waals surface area contributed by atoms with E-state index in [0.29, 0.717) is 22.7 Å². The number of thiophene rings is 1. The van der Waals surface area contributed by atoms with Gasteiger partial charge in [-0.2, -0.15) is 0 Å². The number of hydrogen-bond donors (Lipinski definition) is 3. The maximum atomic E-state index is 12.5. The van der Waals surface area contributed by atoms with Gasteiger partial charge in [0.2, 0.25) is 0 Å². The Hall–Kier alpha value is -2.87. The molecule has 2 aromatic rings. The van der Waals surface area contributed by atoms with Crippen molar-refractivity contribution in [1.29, 1.82) is 0 Å². The molecule has 0 atom stereocenters. The maximum Gasteiger partial charge on any atom is 0.279 e. The van der Waals surface area contributed by atoms with E-state index in [2.05, 4.69) is 16.2 Å². The number of hydrazine groups is 1. The van der Waals surface area contributed by atoms with Crippen LogP contribution in [0, 0.1) is 0 Å². The van der Waals surface area contributed by atoms with Gasteiger partial charge in [0.15, 0.2) is 6.61 Å². The van der Waals surface area contributed by atoms with Crippen molar-refractivity contribution >= 4 is 29.1 Å². The number of aryl methyl sites for hydroxylation is 2. The minimum atomic E-state index is -0.423. The number of benzene rings is 1. The van der Waals surface area contributed by atoms with Gasteiger partial charge in [-0.15, -0.1) is 11.3 Å². The monoisotopic (exact) mass is 429 g/mol. The molecular formula is C22H27N3O4S. The summed E-state index contributed by atoms with van der Waals surface area (Å²) in [6.07, 6.45) is 6.83. The van der Waals surface area contributed by atoms with Gasteiger partial charge in [-0.25, -0.2) is 0 Å². The van der Waals surface area contributed by atoms with Crippen molar-refractivity contribution in [3.63, 3.8) is 0 Å². The zero-order valence-electron chi connectivity index (χ0n) is 17.1. The van der Waals surface area contributed by atoms with Crippen LogP contribution in [0.3, 0.4) is 0 Å². The van der Waals surface area contributed by atoms with Crippen molar-refractivity contribution in [1.82, 2.24) is 16.2 Å². The van der Waals surface area contributed by atoms with E-state index < -0.39 is 5.91 Å². The van der Waals surface area contributed by atoms with E-state index in [1.165, 1.54) is 34.6 Å². The molecule has 0 unspecified atom stereocenters. The van der Waals surface area contributed by atoms with Crippen LogP contribution >= 0.6 is 11.3 Å². The second kappa shape index (κ2) is 10.8. The topological polar surface area (TPSA) is 96.5 Å².